The molecule has 116 valence electrons. The van der Waals surface area contributed by atoms with Crippen LogP contribution in [0.2, 0.25) is 10.2 Å². The molecule has 1 aromatic carbocycles. The Labute approximate surface area is 136 Å². The van der Waals surface area contributed by atoms with Gasteiger partial charge in [-0.05, 0) is 18.2 Å². The normalized spacial score (nSPS) is 21.0. The van der Waals surface area contributed by atoms with Gasteiger partial charge < -0.3 is 14.8 Å². The summed E-state index contributed by atoms with van der Waals surface area (Å²) in [5.74, 6) is -0.0812. The molecule has 6 nitrogen and oxygen atoms in total. The van der Waals surface area contributed by atoms with E-state index in [1.54, 1.807) is 18.2 Å². The second kappa shape index (κ2) is 6.24. The summed E-state index contributed by atoms with van der Waals surface area (Å²) in [7, 11) is 1.35. The van der Waals surface area contributed by atoms with E-state index in [0.29, 0.717) is 29.0 Å². The highest BCUT2D eigenvalue weighted by atomic mass is 35.5. The van der Waals surface area contributed by atoms with Gasteiger partial charge in [0.25, 0.3) is 5.88 Å². The van der Waals surface area contributed by atoms with Crippen molar-refractivity contribution in [2.45, 2.75) is 18.6 Å². The molecule has 0 unspecified atom stereocenters. The molecular formula is C14H13Cl2N3O3. The number of methoxy groups -OCH3 is 1. The first kappa shape index (κ1) is 15.3. The molecule has 2 aromatic rings. The van der Waals surface area contributed by atoms with Gasteiger partial charge in [-0.1, -0.05) is 23.2 Å². The first-order chi connectivity index (χ1) is 10.6. The molecule has 0 amide bonds. The lowest BCUT2D eigenvalue weighted by molar-refractivity contribution is -0.142. The molecule has 0 radical (unpaired) electrons. The van der Waals surface area contributed by atoms with Crippen molar-refractivity contribution in [1.29, 1.82) is 0 Å². The van der Waals surface area contributed by atoms with E-state index in [9.17, 15) is 4.79 Å². The lowest BCUT2D eigenvalue weighted by atomic mass is 10.2. The van der Waals surface area contributed by atoms with Gasteiger partial charge in [0.2, 0.25) is 0 Å². The maximum absolute atomic E-state index is 11.5. The average molecular weight is 342 g/mol. The van der Waals surface area contributed by atoms with Crippen LogP contribution < -0.4 is 10.1 Å². The van der Waals surface area contributed by atoms with E-state index in [1.807, 2.05) is 0 Å². The molecule has 2 heterocycles. The molecule has 1 N–H and O–H groups in total. The molecule has 3 rings (SSSR count). The quantitative estimate of drug-likeness (QED) is 0.863. The number of benzene rings is 1. The fourth-order valence-corrected chi connectivity index (χ4v) is 2.68. The number of fused-ring (bicyclic) bond motifs is 1. The van der Waals surface area contributed by atoms with Gasteiger partial charge in [0.15, 0.2) is 5.15 Å². The van der Waals surface area contributed by atoms with Crippen LogP contribution in [0.25, 0.3) is 11.0 Å². The van der Waals surface area contributed by atoms with Crippen LogP contribution >= 0.6 is 23.2 Å². The van der Waals surface area contributed by atoms with Gasteiger partial charge >= 0.3 is 5.97 Å². The number of carbonyl (C=O) groups excluding carboxylic acids is 1. The molecule has 1 aromatic heterocycles. The lowest BCUT2D eigenvalue weighted by Crippen LogP contribution is -2.31. The zero-order chi connectivity index (χ0) is 15.7. The van der Waals surface area contributed by atoms with E-state index in [1.165, 1.54) is 7.11 Å². The third-order valence-electron chi connectivity index (χ3n) is 3.41. The molecule has 1 aliphatic rings. The van der Waals surface area contributed by atoms with Gasteiger partial charge in [0.05, 0.1) is 18.1 Å². The van der Waals surface area contributed by atoms with E-state index in [2.05, 4.69) is 15.3 Å². The Hall–Kier alpha value is -1.63. The predicted molar refractivity (Wildman–Crippen MR) is 82.4 cm³/mol. The van der Waals surface area contributed by atoms with Gasteiger partial charge in [-0.3, -0.25) is 4.79 Å². The van der Waals surface area contributed by atoms with Crippen LogP contribution in [0.15, 0.2) is 18.2 Å². The first-order valence-corrected chi connectivity index (χ1v) is 7.43. The number of rotatable bonds is 3. The average Bonchev–Trinajstić information content (AvgIpc) is 2.96. The van der Waals surface area contributed by atoms with Crippen LogP contribution in [0.3, 0.4) is 0 Å². The van der Waals surface area contributed by atoms with Crippen LogP contribution in [0, 0.1) is 0 Å². The van der Waals surface area contributed by atoms with Gasteiger partial charge in [0.1, 0.15) is 12.1 Å². The monoisotopic (exact) mass is 341 g/mol. The van der Waals surface area contributed by atoms with Gasteiger partial charge in [-0.25, -0.2) is 9.97 Å². The Bertz CT molecular complexity index is 726. The number of carbonyl (C=O) groups is 1. The molecule has 0 spiro atoms. The summed E-state index contributed by atoms with van der Waals surface area (Å²) in [5, 5.41) is 3.77. The van der Waals surface area contributed by atoms with Crippen LogP contribution in [-0.2, 0) is 9.53 Å². The van der Waals surface area contributed by atoms with Crippen molar-refractivity contribution in [2.24, 2.45) is 0 Å². The molecule has 1 fully saturated rings. The Morgan fingerprint density at radius 1 is 1.32 bits per heavy atom. The lowest BCUT2D eigenvalue weighted by Gasteiger charge is -2.13. The van der Waals surface area contributed by atoms with Crippen molar-refractivity contribution in [2.75, 3.05) is 13.7 Å². The number of esters is 1. The minimum absolute atomic E-state index is 0.177. The van der Waals surface area contributed by atoms with E-state index in [-0.39, 0.29) is 29.1 Å². The van der Waals surface area contributed by atoms with Crippen molar-refractivity contribution in [3.05, 3.63) is 28.4 Å². The number of nitrogens with zero attached hydrogens (tertiary/aromatic N) is 2. The van der Waals surface area contributed by atoms with Gasteiger partial charge in [-0.15, -0.1) is 0 Å². The zero-order valence-corrected chi connectivity index (χ0v) is 13.2. The highest BCUT2D eigenvalue weighted by molar-refractivity contribution is 6.32. The summed E-state index contributed by atoms with van der Waals surface area (Å²) < 4.78 is 10.5. The largest absolute Gasteiger partial charge is 0.471 e. The summed E-state index contributed by atoms with van der Waals surface area (Å²) in [5.41, 5.74) is 1.24. The van der Waals surface area contributed by atoms with Crippen LogP contribution in [-0.4, -0.2) is 41.7 Å². The van der Waals surface area contributed by atoms with E-state index in [4.69, 9.17) is 32.7 Å². The second-order valence-corrected chi connectivity index (χ2v) is 5.71. The molecule has 0 bridgehead atoms. The molecule has 0 saturated carbocycles. The van der Waals surface area contributed by atoms with Crippen molar-refractivity contribution in [1.82, 2.24) is 15.3 Å². The van der Waals surface area contributed by atoms with Crippen LogP contribution in [0.4, 0.5) is 0 Å². The Kier molecular flexibility index (Phi) is 4.33. The summed E-state index contributed by atoms with van der Waals surface area (Å²) >= 11 is 12.1. The van der Waals surface area contributed by atoms with E-state index >= 15 is 0 Å². The summed E-state index contributed by atoms with van der Waals surface area (Å²) in [4.78, 5) is 20.1. The van der Waals surface area contributed by atoms with E-state index < -0.39 is 0 Å². The summed E-state index contributed by atoms with van der Waals surface area (Å²) in [6.07, 6.45) is 0.255. The molecule has 8 heteroatoms. The topological polar surface area (TPSA) is 73.3 Å². The molecule has 1 aliphatic heterocycles. The predicted octanol–water partition coefficient (Wildman–Crippen LogP) is 2.22. The summed E-state index contributed by atoms with van der Waals surface area (Å²) in [6.45, 7) is 0.505. The maximum Gasteiger partial charge on any atom is 0.323 e. The first-order valence-electron chi connectivity index (χ1n) is 6.67. The third-order valence-corrected chi connectivity index (χ3v) is 3.89. The number of aromatic nitrogens is 2. The Morgan fingerprint density at radius 2 is 2.14 bits per heavy atom. The Balaban J connectivity index is 1.79. The molecular weight excluding hydrogens is 329 g/mol. The SMILES string of the molecule is COC(=O)[C@@H]1C[C@@H](Oc2nc3cc(Cl)ccc3nc2Cl)CN1. The highest BCUT2D eigenvalue weighted by Gasteiger charge is 2.32. The number of hydrogen-bond acceptors (Lipinski definition) is 6. The Morgan fingerprint density at radius 3 is 2.91 bits per heavy atom. The highest BCUT2D eigenvalue weighted by Crippen LogP contribution is 2.27. The zero-order valence-electron chi connectivity index (χ0n) is 11.7. The second-order valence-electron chi connectivity index (χ2n) is 4.91. The van der Waals surface area contributed by atoms with Crippen molar-refractivity contribution in [3.63, 3.8) is 0 Å². The molecule has 22 heavy (non-hydrogen) atoms. The van der Waals surface area contributed by atoms with E-state index in [0.717, 1.165) is 0 Å². The molecule has 1 saturated heterocycles. The molecule has 0 aliphatic carbocycles. The maximum atomic E-state index is 11.5. The minimum Gasteiger partial charge on any atom is -0.471 e. The fourth-order valence-electron chi connectivity index (χ4n) is 2.34. The van der Waals surface area contributed by atoms with Crippen LogP contribution in [0.5, 0.6) is 5.88 Å². The number of halogens is 2. The van der Waals surface area contributed by atoms with Crippen molar-refractivity contribution >= 4 is 40.2 Å². The summed E-state index contributed by atoms with van der Waals surface area (Å²) in [6, 6.07) is 4.77. The van der Waals surface area contributed by atoms with Gasteiger partial charge in [-0.2, -0.15) is 0 Å². The molecule has 2 atom stereocenters. The van der Waals surface area contributed by atoms with Crippen LogP contribution in [0.1, 0.15) is 6.42 Å². The fraction of sp³-hybridized carbons (Fsp3) is 0.357. The smallest absolute Gasteiger partial charge is 0.323 e. The number of ether oxygens (including phenoxy) is 2. The van der Waals surface area contributed by atoms with Crippen molar-refractivity contribution in [3.8, 4) is 5.88 Å². The third kappa shape index (κ3) is 3.09. The standard InChI is InChI=1S/C14H13Cl2N3O3/c1-21-14(20)11-5-8(6-17-11)22-13-12(16)18-9-3-2-7(15)4-10(9)19-13/h2-4,8,11,17H,5-6H2,1H3/t8-,11+/m1/s1. The number of nitrogens with one attached hydrogen (secondary N) is 1. The van der Waals surface area contributed by atoms with Gasteiger partial charge in [0, 0.05) is 18.0 Å². The minimum atomic E-state index is -0.378. The van der Waals surface area contributed by atoms with Crippen molar-refractivity contribution < 1.29 is 14.3 Å². The number of hydrogen-bond donors (Lipinski definition) is 1.